The molecule has 0 radical (unpaired) electrons. The van der Waals surface area contributed by atoms with Gasteiger partial charge in [0.2, 0.25) is 5.91 Å². The molecule has 3 aromatic rings. The molecule has 146 valence electrons. The number of hydrogen-bond donors (Lipinski definition) is 1. The Hall–Kier alpha value is -3.00. The summed E-state index contributed by atoms with van der Waals surface area (Å²) in [6.07, 6.45) is 2.13. The molecular formula is C20H21N3O4S. The van der Waals surface area contributed by atoms with Crippen LogP contribution in [0.25, 0.3) is 20.7 Å². The molecule has 3 rings (SSSR count). The topological polar surface area (TPSA) is 90.3 Å². The van der Waals surface area contributed by atoms with E-state index < -0.39 is 0 Å². The predicted molar refractivity (Wildman–Crippen MR) is 108 cm³/mol. The van der Waals surface area contributed by atoms with Gasteiger partial charge in [-0.25, -0.2) is 4.98 Å². The Morgan fingerprint density at radius 3 is 2.79 bits per heavy atom. The summed E-state index contributed by atoms with van der Waals surface area (Å²) in [7, 11) is 0. The van der Waals surface area contributed by atoms with E-state index in [-0.39, 0.29) is 30.4 Å². The van der Waals surface area contributed by atoms with Gasteiger partial charge in [0.15, 0.2) is 0 Å². The van der Waals surface area contributed by atoms with E-state index >= 15 is 0 Å². The first-order chi connectivity index (χ1) is 13.6. The Labute approximate surface area is 166 Å². The smallest absolute Gasteiger partial charge is 0.305 e. The van der Waals surface area contributed by atoms with Crippen molar-refractivity contribution in [1.82, 2.24) is 14.9 Å². The molecule has 7 nitrogen and oxygen atoms in total. The molecule has 0 unspecified atom stereocenters. The monoisotopic (exact) mass is 399 g/mol. The van der Waals surface area contributed by atoms with Crippen LogP contribution in [0.4, 0.5) is 0 Å². The largest absolute Gasteiger partial charge is 0.466 e. The lowest BCUT2D eigenvalue weighted by Crippen LogP contribution is -2.33. The van der Waals surface area contributed by atoms with Crippen LogP contribution < -0.4 is 10.9 Å². The van der Waals surface area contributed by atoms with Crippen molar-refractivity contribution >= 4 is 33.4 Å². The second kappa shape index (κ2) is 9.27. The van der Waals surface area contributed by atoms with Crippen molar-refractivity contribution in [3.63, 3.8) is 0 Å². The number of esters is 1. The minimum atomic E-state index is -0.300. The molecule has 0 aliphatic heterocycles. The summed E-state index contributed by atoms with van der Waals surface area (Å²) in [4.78, 5) is 42.0. The minimum Gasteiger partial charge on any atom is -0.466 e. The van der Waals surface area contributed by atoms with E-state index in [1.54, 1.807) is 6.92 Å². The van der Waals surface area contributed by atoms with Crippen molar-refractivity contribution < 1.29 is 14.3 Å². The maximum Gasteiger partial charge on any atom is 0.305 e. The first-order valence-corrected chi connectivity index (χ1v) is 9.87. The summed E-state index contributed by atoms with van der Waals surface area (Å²) >= 11 is 1.45. The molecule has 0 aliphatic rings. The molecule has 1 N–H and O–H groups in total. The zero-order valence-electron chi connectivity index (χ0n) is 15.5. The quantitative estimate of drug-likeness (QED) is 0.464. The summed E-state index contributed by atoms with van der Waals surface area (Å²) in [5, 5.41) is 3.20. The van der Waals surface area contributed by atoms with Gasteiger partial charge in [0, 0.05) is 17.8 Å². The number of nitrogens with zero attached hydrogens (tertiary/aromatic N) is 2. The molecule has 0 fully saturated rings. The Morgan fingerprint density at radius 1 is 1.25 bits per heavy atom. The average molecular weight is 399 g/mol. The third kappa shape index (κ3) is 4.83. The molecule has 0 saturated heterocycles. The molecule has 0 atom stereocenters. The predicted octanol–water partition coefficient (Wildman–Crippen LogP) is 2.58. The fraction of sp³-hybridized carbons (Fsp3) is 0.300. The van der Waals surface area contributed by atoms with Crippen molar-refractivity contribution in [3.8, 4) is 10.4 Å². The van der Waals surface area contributed by atoms with Gasteiger partial charge in [-0.15, -0.1) is 11.3 Å². The number of amides is 1. The Balaban J connectivity index is 1.64. The summed E-state index contributed by atoms with van der Waals surface area (Å²) < 4.78 is 6.13. The fourth-order valence-electron chi connectivity index (χ4n) is 2.72. The lowest BCUT2D eigenvalue weighted by atomic mass is 10.2. The van der Waals surface area contributed by atoms with Crippen LogP contribution in [0.15, 0.2) is 47.5 Å². The fourth-order valence-corrected chi connectivity index (χ4v) is 3.72. The Kier molecular flexibility index (Phi) is 6.54. The Bertz CT molecular complexity index is 1030. The zero-order chi connectivity index (χ0) is 19.9. The van der Waals surface area contributed by atoms with Crippen molar-refractivity contribution in [2.45, 2.75) is 26.3 Å². The van der Waals surface area contributed by atoms with E-state index in [2.05, 4.69) is 10.3 Å². The molecule has 0 aliphatic carbocycles. The number of benzene rings is 1. The van der Waals surface area contributed by atoms with Gasteiger partial charge < -0.3 is 10.1 Å². The lowest BCUT2D eigenvalue weighted by Gasteiger charge is -2.07. The standard InChI is InChI=1S/C20H21N3O4S/c1-2-27-18(25)9-6-10-21-17(24)12-23-13-22-19-15(20(23)26)11-16(28-19)14-7-4-3-5-8-14/h3-5,7-8,11,13H,2,6,9-10,12H2,1H3,(H,21,24). The highest BCUT2D eigenvalue weighted by atomic mass is 32.1. The summed E-state index contributed by atoms with van der Waals surface area (Å²) in [5.41, 5.74) is 0.779. The third-order valence-corrected chi connectivity index (χ3v) is 5.17. The van der Waals surface area contributed by atoms with Crippen molar-refractivity contribution in [3.05, 3.63) is 53.1 Å². The average Bonchev–Trinajstić information content (AvgIpc) is 3.14. The second-order valence-electron chi connectivity index (χ2n) is 6.13. The number of nitrogens with one attached hydrogen (secondary N) is 1. The number of fused-ring (bicyclic) bond motifs is 1. The molecule has 0 spiro atoms. The molecule has 1 amide bonds. The number of thiophene rings is 1. The number of carbonyl (C=O) groups excluding carboxylic acids is 2. The van der Waals surface area contributed by atoms with Gasteiger partial charge in [0.05, 0.1) is 18.3 Å². The van der Waals surface area contributed by atoms with Crippen LogP contribution in [-0.2, 0) is 20.9 Å². The summed E-state index contributed by atoms with van der Waals surface area (Å²) in [6.45, 7) is 2.33. The summed E-state index contributed by atoms with van der Waals surface area (Å²) in [5.74, 6) is -0.583. The van der Waals surface area contributed by atoms with E-state index in [0.29, 0.717) is 29.8 Å². The maximum absolute atomic E-state index is 12.7. The van der Waals surface area contributed by atoms with Gasteiger partial charge in [0.25, 0.3) is 5.56 Å². The Morgan fingerprint density at radius 2 is 2.04 bits per heavy atom. The van der Waals surface area contributed by atoms with Crippen LogP contribution in [0.1, 0.15) is 19.8 Å². The molecule has 1 aromatic carbocycles. The maximum atomic E-state index is 12.7. The van der Waals surface area contributed by atoms with E-state index in [4.69, 9.17) is 4.74 Å². The van der Waals surface area contributed by atoms with Gasteiger partial charge >= 0.3 is 5.97 Å². The highest BCUT2D eigenvalue weighted by Crippen LogP contribution is 2.30. The molecular weight excluding hydrogens is 378 g/mol. The van der Waals surface area contributed by atoms with Crippen LogP contribution in [0.5, 0.6) is 0 Å². The zero-order valence-corrected chi connectivity index (χ0v) is 16.3. The van der Waals surface area contributed by atoms with Crippen molar-refractivity contribution in [2.75, 3.05) is 13.2 Å². The molecule has 8 heteroatoms. The van der Waals surface area contributed by atoms with Gasteiger partial charge in [0.1, 0.15) is 11.4 Å². The van der Waals surface area contributed by atoms with Crippen LogP contribution in [0.3, 0.4) is 0 Å². The second-order valence-corrected chi connectivity index (χ2v) is 7.16. The molecule has 0 bridgehead atoms. The first kappa shape index (κ1) is 19.8. The van der Waals surface area contributed by atoms with Gasteiger partial charge in [-0.1, -0.05) is 30.3 Å². The van der Waals surface area contributed by atoms with Gasteiger partial charge in [-0.05, 0) is 25.0 Å². The van der Waals surface area contributed by atoms with Crippen molar-refractivity contribution in [2.24, 2.45) is 0 Å². The van der Waals surface area contributed by atoms with Crippen LogP contribution in [-0.4, -0.2) is 34.6 Å². The normalized spacial score (nSPS) is 10.8. The minimum absolute atomic E-state index is 0.113. The van der Waals surface area contributed by atoms with Gasteiger partial charge in [-0.2, -0.15) is 0 Å². The van der Waals surface area contributed by atoms with E-state index in [1.807, 2.05) is 36.4 Å². The van der Waals surface area contributed by atoms with Crippen LogP contribution in [0, 0.1) is 0 Å². The molecule has 2 aromatic heterocycles. The number of rotatable bonds is 8. The third-order valence-electron chi connectivity index (χ3n) is 4.08. The molecule has 2 heterocycles. The van der Waals surface area contributed by atoms with E-state index in [0.717, 1.165) is 10.4 Å². The van der Waals surface area contributed by atoms with Crippen molar-refractivity contribution in [1.29, 1.82) is 0 Å². The SMILES string of the molecule is CCOC(=O)CCCNC(=O)Cn1cnc2sc(-c3ccccc3)cc2c1=O. The van der Waals surface area contributed by atoms with E-state index in [1.165, 1.54) is 22.2 Å². The van der Waals surface area contributed by atoms with Crippen LogP contribution in [0.2, 0.25) is 0 Å². The van der Waals surface area contributed by atoms with Gasteiger partial charge in [-0.3, -0.25) is 19.0 Å². The first-order valence-electron chi connectivity index (χ1n) is 9.05. The number of hydrogen-bond acceptors (Lipinski definition) is 6. The van der Waals surface area contributed by atoms with Crippen LogP contribution >= 0.6 is 11.3 Å². The summed E-state index contributed by atoms with van der Waals surface area (Å²) in [6, 6.07) is 11.6. The lowest BCUT2D eigenvalue weighted by molar-refractivity contribution is -0.143. The molecule has 0 saturated carbocycles. The molecule has 28 heavy (non-hydrogen) atoms. The highest BCUT2D eigenvalue weighted by molar-refractivity contribution is 7.21. The highest BCUT2D eigenvalue weighted by Gasteiger charge is 2.12. The number of carbonyl (C=O) groups is 2. The van der Waals surface area contributed by atoms with E-state index in [9.17, 15) is 14.4 Å². The number of ether oxygens (including phenoxy) is 1. The number of aromatic nitrogens is 2.